The lowest BCUT2D eigenvalue weighted by molar-refractivity contribution is -0.185. The van der Waals surface area contributed by atoms with E-state index < -0.39 is 30.3 Å². The maximum Gasteiger partial charge on any atom is 0.326 e. The molecule has 1 N–H and O–H groups in total. The number of halogens is 2. The molecular formula is C29H24Cl2N2O4. The van der Waals surface area contributed by atoms with E-state index in [1.54, 1.807) is 60.7 Å². The third-order valence-electron chi connectivity index (χ3n) is 6.94. The summed E-state index contributed by atoms with van der Waals surface area (Å²) >= 11 is 12.5. The highest BCUT2D eigenvalue weighted by Gasteiger charge is 2.52. The molecule has 2 fully saturated rings. The molecule has 1 heterocycles. The summed E-state index contributed by atoms with van der Waals surface area (Å²) in [4.78, 5) is 28.2. The van der Waals surface area contributed by atoms with Crippen molar-refractivity contribution in [3.05, 3.63) is 105 Å². The van der Waals surface area contributed by atoms with Crippen LogP contribution in [0.25, 0.3) is 0 Å². The van der Waals surface area contributed by atoms with E-state index in [0.29, 0.717) is 15.6 Å². The highest BCUT2D eigenvalue weighted by molar-refractivity contribution is 6.30. The van der Waals surface area contributed by atoms with E-state index in [1.807, 2.05) is 12.1 Å². The molecule has 5 rings (SSSR count). The van der Waals surface area contributed by atoms with Crippen molar-refractivity contribution in [3.8, 4) is 6.07 Å². The van der Waals surface area contributed by atoms with Crippen molar-refractivity contribution in [2.24, 2.45) is 5.92 Å². The summed E-state index contributed by atoms with van der Waals surface area (Å²) in [5.74, 6) is -1.52. The number of aliphatic carboxylic acids is 1. The first-order valence-corrected chi connectivity index (χ1v) is 12.8. The lowest BCUT2D eigenvalue weighted by atomic mass is 9.88. The van der Waals surface area contributed by atoms with Crippen molar-refractivity contribution in [2.75, 3.05) is 0 Å². The van der Waals surface area contributed by atoms with Crippen LogP contribution in [0.3, 0.4) is 0 Å². The summed E-state index contributed by atoms with van der Waals surface area (Å²) in [6, 6.07) is 21.7. The van der Waals surface area contributed by atoms with Gasteiger partial charge in [0.2, 0.25) is 0 Å². The lowest BCUT2D eigenvalue weighted by Crippen LogP contribution is -2.58. The summed E-state index contributed by atoms with van der Waals surface area (Å²) < 4.78 is 6.52. The van der Waals surface area contributed by atoms with E-state index in [-0.39, 0.29) is 18.2 Å². The first kappa shape index (κ1) is 25.3. The Bertz CT molecular complexity index is 1350. The molecule has 0 radical (unpaired) electrons. The fourth-order valence-electron chi connectivity index (χ4n) is 5.03. The van der Waals surface area contributed by atoms with Crippen LogP contribution >= 0.6 is 23.2 Å². The summed E-state index contributed by atoms with van der Waals surface area (Å²) in [6.07, 6.45) is 0.152. The largest absolute Gasteiger partial charge is 0.480 e. The number of amides is 1. The molecular weight excluding hydrogens is 511 g/mol. The van der Waals surface area contributed by atoms with Crippen LogP contribution in [0.4, 0.5) is 0 Å². The molecule has 0 aromatic heterocycles. The Morgan fingerprint density at radius 2 is 1.73 bits per heavy atom. The number of benzene rings is 3. The molecule has 6 nitrogen and oxygen atoms in total. The van der Waals surface area contributed by atoms with E-state index in [2.05, 4.69) is 6.07 Å². The van der Waals surface area contributed by atoms with Crippen molar-refractivity contribution in [3.63, 3.8) is 0 Å². The number of carbonyl (C=O) groups excluding carboxylic acids is 1. The van der Waals surface area contributed by atoms with Crippen LogP contribution < -0.4 is 0 Å². The number of ether oxygens (including phenoxy) is 1. The fourth-order valence-corrected chi connectivity index (χ4v) is 5.36. The number of hydrogen-bond acceptors (Lipinski definition) is 4. The van der Waals surface area contributed by atoms with Gasteiger partial charge in [-0.15, -0.1) is 0 Å². The van der Waals surface area contributed by atoms with Crippen LogP contribution in [-0.2, 0) is 20.7 Å². The van der Waals surface area contributed by atoms with Crippen molar-refractivity contribution in [2.45, 2.75) is 43.6 Å². The van der Waals surface area contributed by atoms with Gasteiger partial charge in [-0.25, -0.2) is 4.79 Å². The minimum atomic E-state index is -1.03. The van der Waals surface area contributed by atoms with Crippen LogP contribution in [-0.4, -0.2) is 34.0 Å². The third-order valence-corrected chi connectivity index (χ3v) is 7.43. The maximum atomic E-state index is 14.1. The predicted octanol–water partition coefficient (Wildman–Crippen LogP) is 5.98. The Balaban J connectivity index is 1.62. The summed E-state index contributed by atoms with van der Waals surface area (Å²) in [5, 5.41) is 20.5. The van der Waals surface area contributed by atoms with Crippen molar-refractivity contribution in [1.82, 2.24) is 4.90 Å². The van der Waals surface area contributed by atoms with Gasteiger partial charge in [0.1, 0.15) is 18.2 Å². The second kappa shape index (κ2) is 10.5. The smallest absolute Gasteiger partial charge is 0.326 e. The fraction of sp³-hybridized carbons (Fsp3) is 0.276. The topological polar surface area (TPSA) is 90.6 Å². The van der Waals surface area contributed by atoms with Crippen LogP contribution in [0.1, 0.15) is 47.2 Å². The summed E-state index contributed by atoms with van der Waals surface area (Å²) in [7, 11) is 0. The lowest BCUT2D eigenvalue weighted by Gasteiger charge is -2.47. The Morgan fingerprint density at radius 1 is 1.03 bits per heavy atom. The highest BCUT2D eigenvalue weighted by atomic mass is 35.5. The molecule has 0 spiro atoms. The van der Waals surface area contributed by atoms with Crippen molar-refractivity contribution < 1.29 is 19.4 Å². The molecule has 1 aliphatic heterocycles. The second-order valence-electron chi connectivity index (χ2n) is 9.48. The molecule has 1 saturated carbocycles. The molecule has 1 saturated heterocycles. The first-order valence-electron chi connectivity index (χ1n) is 12.1. The minimum absolute atomic E-state index is 0.120. The molecule has 3 aromatic carbocycles. The van der Waals surface area contributed by atoms with Gasteiger partial charge in [0.15, 0.2) is 0 Å². The molecule has 1 aliphatic carbocycles. The zero-order chi connectivity index (χ0) is 26.1. The van der Waals surface area contributed by atoms with E-state index in [1.165, 1.54) is 4.90 Å². The summed E-state index contributed by atoms with van der Waals surface area (Å²) in [5.41, 5.74) is 2.80. The number of morpholine rings is 1. The monoisotopic (exact) mass is 534 g/mol. The Kier molecular flexibility index (Phi) is 7.21. The SMILES string of the molecule is N#Cc1ccc(C[C@@H]2O[C@@H](c3cccc(Cl)c3)[C@@H](c3ccc(Cl)cc3)N([C@@H](C(=O)O)C3CC3)C2=O)cc1. The molecule has 8 heteroatoms. The van der Waals surface area contributed by atoms with Gasteiger partial charge >= 0.3 is 5.97 Å². The van der Waals surface area contributed by atoms with Gasteiger partial charge in [-0.2, -0.15) is 5.26 Å². The zero-order valence-corrected chi connectivity index (χ0v) is 21.3. The number of hydrogen-bond donors (Lipinski definition) is 1. The minimum Gasteiger partial charge on any atom is -0.480 e. The number of nitriles is 1. The zero-order valence-electron chi connectivity index (χ0n) is 19.8. The van der Waals surface area contributed by atoms with Crippen LogP contribution in [0.2, 0.25) is 10.0 Å². The Labute approximate surface area is 225 Å². The van der Waals surface area contributed by atoms with Gasteiger partial charge < -0.3 is 14.7 Å². The molecule has 3 aromatic rings. The van der Waals surface area contributed by atoms with Crippen LogP contribution in [0.15, 0.2) is 72.8 Å². The second-order valence-corrected chi connectivity index (χ2v) is 10.3. The number of rotatable bonds is 7. The van der Waals surface area contributed by atoms with Gasteiger partial charge in [-0.1, -0.05) is 59.6 Å². The first-order chi connectivity index (χ1) is 17.9. The molecule has 2 aliphatic rings. The molecule has 4 atom stereocenters. The number of nitrogens with zero attached hydrogens (tertiary/aromatic N) is 2. The van der Waals surface area contributed by atoms with Gasteiger partial charge in [0, 0.05) is 16.5 Å². The average Bonchev–Trinajstić information content (AvgIpc) is 3.72. The Morgan fingerprint density at radius 3 is 2.32 bits per heavy atom. The highest BCUT2D eigenvalue weighted by Crippen LogP contribution is 2.48. The predicted molar refractivity (Wildman–Crippen MR) is 139 cm³/mol. The standard InChI is InChI=1S/C29H24Cl2N2O4/c30-22-12-10-19(11-13-22)25-27(21-2-1-3-23(31)15-21)37-24(14-17-4-6-18(16-32)7-5-17)28(34)33(25)26(29(35)36)20-8-9-20/h1-7,10-13,15,20,24-27H,8-9,14H2,(H,35,36)/t24-,25+,26+,27-/m0/s1. The van der Waals surface area contributed by atoms with Crippen LogP contribution in [0, 0.1) is 17.2 Å². The van der Waals surface area contributed by atoms with Crippen LogP contribution in [0.5, 0.6) is 0 Å². The third kappa shape index (κ3) is 5.35. The number of carboxylic acids is 1. The number of carboxylic acid groups (broad SMARTS) is 1. The van der Waals surface area contributed by atoms with E-state index >= 15 is 0 Å². The number of carbonyl (C=O) groups is 2. The van der Waals surface area contributed by atoms with Gasteiger partial charge in [-0.05, 0) is 71.8 Å². The van der Waals surface area contributed by atoms with E-state index in [0.717, 1.165) is 29.5 Å². The van der Waals surface area contributed by atoms with Crippen molar-refractivity contribution in [1.29, 1.82) is 5.26 Å². The quantitative estimate of drug-likeness (QED) is 0.402. The maximum absolute atomic E-state index is 14.1. The Hall–Kier alpha value is -3.37. The molecule has 37 heavy (non-hydrogen) atoms. The molecule has 1 amide bonds. The average molecular weight is 535 g/mol. The molecule has 188 valence electrons. The van der Waals surface area contributed by atoms with Gasteiger partial charge in [0.05, 0.1) is 17.7 Å². The molecule has 0 unspecified atom stereocenters. The van der Waals surface area contributed by atoms with Gasteiger partial charge in [-0.3, -0.25) is 4.79 Å². The van der Waals surface area contributed by atoms with E-state index in [4.69, 9.17) is 33.2 Å². The summed E-state index contributed by atoms with van der Waals surface area (Å²) in [6.45, 7) is 0. The van der Waals surface area contributed by atoms with Gasteiger partial charge in [0.25, 0.3) is 5.91 Å². The van der Waals surface area contributed by atoms with E-state index in [9.17, 15) is 14.7 Å². The molecule has 0 bridgehead atoms. The van der Waals surface area contributed by atoms with Crippen molar-refractivity contribution >= 4 is 35.1 Å². The normalized spacial score (nSPS) is 22.4.